The lowest BCUT2D eigenvalue weighted by Gasteiger charge is -2.11. The molecule has 0 atom stereocenters. The molecule has 2 N–H and O–H groups in total. The fourth-order valence-electron chi connectivity index (χ4n) is 1.85. The van der Waals surface area contributed by atoms with Gasteiger partial charge in [0.2, 0.25) is 0 Å². The van der Waals surface area contributed by atoms with E-state index in [0.717, 1.165) is 13.0 Å². The van der Waals surface area contributed by atoms with Gasteiger partial charge in [-0.25, -0.2) is 18.1 Å². The minimum Gasteiger partial charge on any atom is -0.383 e. The van der Waals surface area contributed by atoms with Crippen LogP contribution in [-0.2, 0) is 14.8 Å². The van der Waals surface area contributed by atoms with Gasteiger partial charge in [-0.15, -0.1) is 0 Å². The Balaban J connectivity index is 1.87. The SMILES string of the molecule is CCCNc1cccnc1S(=O)(=O)NCCOCC1CC1. The van der Waals surface area contributed by atoms with Crippen LogP contribution in [0.1, 0.15) is 26.2 Å². The van der Waals surface area contributed by atoms with Crippen LogP contribution in [-0.4, -0.2) is 39.7 Å². The van der Waals surface area contributed by atoms with E-state index in [0.29, 0.717) is 24.8 Å². The van der Waals surface area contributed by atoms with E-state index in [4.69, 9.17) is 4.74 Å². The van der Waals surface area contributed by atoms with Crippen LogP contribution in [0.25, 0.3) is 0 Å². The number of nitrogens with one attached hydrogen (secondary N) is 2. The Hall–Kier alpha value is -1.18. The number of ether oxygens (including phenoxy) is 1. The van der Waals surface area contributed by atoms with Crippen LogP contribution < -0.4 is 10.0 Å². The number of hydrogen-bond acceptors (Lipinski definition) is 5. The zero-order valence-corrected chi connectivity index (χ0v) is 13.2. The molecule has 0 unspecified atom stereocenters. The van der Waals surface area contributed by atoms with Crippen LogP contribution in [0.2, 0.25) is 0 Å². The van der Waals surface area contributed by atoms with E-state index >= 15 is 0 Å². The molecule has 21 heavy (non-hydrogen) atoms. The second-order valence-corrected chi connectivity index (χ2v) is 6.88. The van der Waals surface area contributed by atoms with Crippen molar-refractivity contribution in [3.63, 3.8) is 0 Å². The number of anilines is 1. The maximum Gasteiger partial charge on any atom is 0.260 e. The molecule has 1 heterocycles. The van der Waals surface area contributed by atoms with Crippen molar-refractivity contribution < 1.29 is 13.2 Å². The number of sulfonamides is 1. The van der Waals surface area contributed by atoms with Crippen molar-refractivity contribution in [2.75, 3.05) is 31.6 Å². The molecule has 1 fully saturated rings. The quantitative estimate of drug-likeness (QED) is 0.641. The molecule has 1 aromatic rings. The third kappa shape index (κ3) is 5.26. The summed E-state index contributed by atoms with van der Waals surface area (Å²) in [6.45, 7) is 4.11. The van der Waals surface area contributed by atoms with E-state index in [9.17, 15) is 8.42 Å². The second kappa shape index (κ2) is 7.72. The van der Waals surface area contributed by atoms with Gasteiger partial charge in [0.25, 0.3) is 10.0 Å². The Bertz CT molecular complexity index is 544. The molecular formula is C14H23N3O3S. The first-order valence-corrected chi connectivity index (χ1v) is 8.88. The number of hydrogen-bond donors (Lipinski definition) is 2. The Morgan fingerprint density at radius 3 is 2.90 bits per heavy atom. The van der Waals surface area contributed by atoms with Gasteiger partial charge in [0.05, 0.1) is 12.3 Å². The van der Waals surface area contributed by atoms with Gasteiger partial charge < -0.3 is 10.1 Å². The van der Waals surface area contributed by atoms with E-state index in [1.165, 1.54) is 19.0 Å². The minimum absolute atomic E-state index is 0.0423. The Morgan fingerprint density at radius 2 is 2.19 bits per heavy atom. The van der Waals surface area contributed by atoms with Crippen LogP contribution in [0, 0.1) is 5.92 Å². The lowest BCUT2D eigenvalue weighted by Crippen LogP contribution is -2.29. The molecule has 0 saturated heterocycles. The van der Waals surface area contributed by atoms with Gasteiger partial charge in [0.1, 0.15) is 0 Å². The first kappa shape index (κ1) is 16.2. The number of aromatic nitrogens is 1. The smallest absolute Gasteiger partial charge is 0.260 e. The Morgan fingerprint density at radius 1 is 1.38 bits per heavy atom. The van der Waals surface area contributed by atoms with Crippen molar-refractivity contribution in [1.82, 2.24) is 9.71 Å². The fourth-order valence-corrected chi connectivity index (χ4v) is 2.97. The summed E-state index contributed by atoms with van der Waals surface area (Å²) in [7, 11) is -3.61. The maximum atomic E-state index is 12.3. The summed E-state index contributed by atoms with van der Waals surface area (Å²) in [6.07, 6.45) is 4.85. The van der Waals surface area contributed by atoms with Gasteiger partial charge in [-0.3, -0.25) is 0 Å². The molecule has 1 saturated carbocycles. The highest BCUT2D eigenvalue weighted by Crippen LogP contribution is 2.28. The molecule has 1 aliphatic carbocycles. The normalized spacial score (nSPS) is 15.1. The van der Waals surface area contributed by atoms with Crippen molar-refractivity contribution in [2.45, 2.75) is 31.2 Å². The van der Waals surface area contributed by atoms with Gasteiger partial charge in [-0.05, 0) is 37.3 Å². The predicted octanol–water partition coefficient (Wildman–Crippen LogP) is 1.61. The van der Waals surface area contributed by atoms with E-state index in [1.54, 1.807) is 12.1 Å². The van der Waals surface area contributed by atoms with Gasteiger partial charge in [0, 0.05) is 25.9 Å². The summed E-state index contributed by atoms with van der Waals surface area (Å²) in [4.78, 5) is 3.99. The molecule has 7 heteroatoms. The van der Waals surface area contributed by atoms with E-state index < -0.39 is 10.0 Å². The van der Waals surface area contributed by atoms with Crippen molar-refractivity contribution in [3.05, 3.63) is 18.3 Å². The monoisotopic (exact) mass is 313 g/mol. The molecule has 6 nitrogen and oxygen atoms in total. The average Bonchev–Trinajstić information content (AvgIpc) is 3.29. The van der Waals surface area contributed by atoms with Crippen LogP contribution >= 0.6 is 0 Å². The molecule has 1 aliphatic rings. The summed E-state index contributed by atoms with van der Waals surface area (Å²) in [5, 5.41) is 3.12. The first-order chi connectivity index (χ1) is 10.1. The summed E-state index contributed by atoms with van der Waals surface area (Å²) >= 11 is 0. The molecule has 0 amide bonds. The lowest BCUT2D eigenvalue weighted by molar-refractivity contribution is 0.129. The molecule has 0 aromatic carbocycles. The van der Waals surface area contributed by atoms with Gasteiger partial charge in [0.15, 0.2) is 5.03 Å². The van der Waals surface area contributed by atoms with Crippen LogP contribution in [0.4, 0.5) is 5.69 Å². The summed E-state index contributed by atoms with van der Waals surface area (Å²) in [5.74, 6) is 0.683. The van der Waals surface area contributed by atoms with E-state index in [-0.39, 0.29) is 11.6 Å². The van der Waals surface area contributed by atoms with E-state index in [2.05, 4.69) is 15.0 Å². The van der Waals surface area contributed by atoms with E-state index in [1.807, 2.05) is 6.92 Å². The summed E-state index contributed by atoms with van der Waals surface area (Å²) < 4.78 is 32.5. The van der Waals surface area contributed by atoms with Crippen LogP contribution in [0.15, 0.2) is 23.4 Å². The van der Waals surface area contributed by atoms with Gasteiger partial charge in [-0.1, -0.05) is 6.92 Å². The highest BCUT2D eigenvalue weighted by Gasteiger charge is 2.22. The second-order valence-electron chi connectivity index (χ2n) is 5.20. The standard InChI is InChI=1S/C14H23N3O3S/c1-2-7-15-13-4-3-8-16-14(13)21(18,19)17-9-10-20-11-12-5-6-12/h3-4,8,12,15,17H,2,5-7,9-11H2,1H3. The van der Waals surface area contributed by atoms with Gasteiger partial charge >= 0.3 is 0 Å². The maximum absolute atomic E-state index is 12.3. The summed E-state index contributed by atoms with van der Waals surface area (Å²) in [6, 6.07) is 3.44. The average molecular weight is 313 g/mol. The highest BCUT2D eigenvalue weighted by atomic mass is 32.2. The van der Waals surface area contributed by atoms with Crippen LogP contribution in [0.3, 0.4) is 0 Å². The third-order valence-electron chi connectivity index (χ3n) is 3.18. The van der Waals surface area contributed by atoms with Gasteiger partial charge in [-0.2, -0.15) is 0 Å². The predicted molar refractivity (Wildman–Crippen MR) is 81.7 cm³/mol. The van der Waals surface area contributed by atoms with Crippen LogP contribution in [0.5, 0.6) is 0 Å². The minimum atomic E-state index is -3.61. The zero-order valence-electron chi connectivity index (χ0n) is 12.3. The summed E-state index contributed by atoms with van der Waals surface area (Å²) in [5.41, 5.74) is 0.533. The topological polar surface area (TPSA) is 80.3 Å². The van der Waals surface area contributed by atoms with Crippen molar-refractivity contribution in [3.8, 4) is 0 Å². The van der Waals surface area contributed by atoms with Crippen molar-refractivity contribution >= 4 is 15.7 Å². The molecule has 0 aliphatic heterocycles. The molecule has 0 spiro atoms. The molecule has 118 valence electrons. The largest absolute Gasteiger partial charge is 0.383 e. The lowest BCUT2D eigenvalue weighted by atomic mass is 10.4. The first-order valence-electron chi connectivity index (χ1n) is 7.40. The molecule has 0 bridgehead atoms. The molecule has 0 radical (unpaired) electrons. The molecule has 2 rings (SSSR count). The van der Waals surface area contributed by atoms with Crippen molar-refractivity contribution in [1.29, 1.82) is 0 Å². The zero-order chi connectivity index (χ0) is 15.1. The Labute approximate surface area is 126 Å². The number of pyridine rings is 1. The number of nitrogens with zero attached hydrogens (tertiary/aromatic N) is 1. The number of rotatable bonds is 10. The third-order valence-corrected chi connectivity index (χ3v) is 4.60. The van der Waals surface area contributed by atoms with Crippen molar-refractivity contribution in [2.24, 2.45) is 5.92 Å². The highest BCUT2D eigenvalue weighted by molar-refractivity contribution is 7.89. The molecule has 1 aromatic heterocycles. The molecular weight excluding hydrogens is 290 g/mol. The Kier molecular flexibility index (Phi) is 5.96. The fraction of sp³-hybridized carbons (Fsp3) is 0.643.